The second kappa shape index (κ2) is 5.51. The molecule has 2 aromatic rings. The molecule has 3 N–H and O–H groups in total. The van der Waals surface area contributed by atoms with Crippen LogP contribution in [-0.4, -0.2) is 16.8 Å². The van der Waals surface area contributed by atoms with Gasteiger partial charge in [0.05, 0.1) is 12.6 Å². The zero-order valence-corrected chi connectivity index (χ0v) is 9.68. The first-order valence-corrected chi connectivity index (χ1v) is 5.61. The van der Waals surface area contributed by atoms with Crippen LogP contribution in [0.25, 0.3) is 0 Å². The van der Waals surface area contributed by atoms with Crippen LogP contribution in [0, 0.1) is 5.82 Å². The third kappa shape index (κ3) is 2.99. The van der Waals surface area contributed by atoms with E-state index >= 15 is 0 Å². The van der Waals surface area contributed by atoms with Crippen LogP contribution >= 0.6 is 0 Å². The van der Waals surface area contributed by atoms with E-state index in [4.69, 9.17) is 0 Å². The highest BCUT2D eigenvalue weighted by atomic mass is 19.1. The molecule has 0 aliphatic heterocycles. The molecule has 0 spiro atoms. The largest absolute Gasteiger partial charge is 0.508 e. The van der Waals surface area contributed by atoms with Gasteiger partial charge in [0.2, 0.25) is 0 Å². The van der Waals surface area contributed by atoms with E-state index in [1.54, 1.807) is 36.4 Å². The van der Waals surface area contributed by atoms with Crippen LogP contribution in [0.3, 0.4) is 0 Å². The lowest BCUT2D eigenvalue weighted by molar-refractivity contribution is 0.276. The molecule has 0 amide bonds. The Morgan fingerprint density at radius 1 is 1.11 bits per heavy atom. The minimum absolute atomic E-state index is 0.124. The Kier molecular flexibility index (Phi) is 3.79. The first-order chi connectivity index (χ1) is 8.69. The minimum atomic E-state index is -0.340. The molecule has 1 unspecified atom stereocenters. The summed E-state index contributed by atoms with van der Waals surface area (Å²) in [5.74, 6) is -0.163. The average Bonchev–Trinajstić information content (AvgIpc) is 2.37. The highest BCUT2D eigenvalue weighted by Crippen LogP contribution is 2.21. The Hall–Kier alpha value is -2.07. The Bertz CT molecular complexity index is 513. The van der Waals surface area contributed by atoms with Crippen molar-refractivity contribution >= 4 is 5.69 Å². The van der Waals surface area contributed by atoms with Gasteiger partial charge < -0.3 is 15.5 Å². The monoisotopic (exact) mass is 247 g/mol. The van der Waals surface area contributed by atoms with E-state index in [1.807, 2.05) is 0 Å². The molecule has 4 heteroatoms. The first kappa shape index (κ1) is 12.4. The third-order valence-corrected chi connectivity index (χ3v) is 2.64. The molecule has 2 rings (SSSR count). The average molecular weight is 247 g/mol. The van der Waals surface area contributed by atoms with Gasteiger partial charge >= 0.3 is 0 Å². The smallest absolute Gasteiger partial charge is 0.125 e. The summed E-state index contributed by atoms with van der Waals surface area (Å²) in [4.78, 5) is 0. The van der Waals surface area contributed by atoms with Gasteiger partial charge in [-0.2, -0.15) is 0 Å². The number of anilines is 1. The van der Waals surface area contributed by atoms with Gasteiger partial charge in [-0.3, -0.25) is 0 Å². The molecule has 0 aromatic heterocycles. The fourth-order valence-electron chi connectivity index (χ4n) is 1.72. The second-order valence-electron chi connectivity index (χ2n) is 3.98. The summed E-state index contributed by atoms with van der Waals surface area (Å²) in [5, 5.41) is 21.6. The number of aliphatic hydroxyl groups excluding tert-OH is 1. The van der Waals surface area contributed by atoms with E-state index in [9.17, 15) is 14.6 Å². The Morgan fingerprint density at radius 2 is 1.83 bits per heavy atom. The van der Waals surface area contributed by atoms with E-state index in [-0.39, 0.29) is 24.2 Å². The molecule has 2 aromatic carbocycles. The maximum atomic E-state index is 13.0. The third-order valence-electron chi connectivity index (χ3n) is 2.64. The zero-order valence-electron chi connectivity index (χ0n) is 9.68. The molecule has 0 bridgehead atoms. The van der Waals surface area contributed by atoms with Crippen LogP contribution in [0.4, 0.5) is 10.1 Å². The molecule has 94 valence electrons. The summed E-state index contributed by atoms with van der Waals surface area (Å²) in [6.07, 6.45) is 0. The number of aromatic hydroxyl groups is 1. The number of rotatable bonds is 4. The maximum Gasteiger partial charge on any atom is 0.125 e. The molecular weight excluding hydrogens is 233 g/mol. The number of nitrogens with one attached hydrogen (secondary N) is 1. The van der Waals surface area contributed by atoms with E-state index < -0.39 is 0 Å². The Labute approximate surface area is 105 Å². The summed E-state index contributed by atoms with van der Waals surface area (Å²) in [6.45, 7) is -0.124. The van der Waals surface area contributed by atoms with Crippen molar-refractivity contribution in [3.05, 3.63) is 59.9 Å². The number of phenolic OH excluding ortho intramolecular Hbond substituents is 1. The molecule has 3 nitrogen and oxygen atoms in total. The van der Waals surface area contributed by atoms with E-state index in [2.05, 4.69) is 5.32 Å². The fourth-order valence-corrected chi connectivity index (χ4v) is 1.72. The predicted octanol–water partition coefficient (Wildman–Crippen LogP) is 2.68. The number of aliphatic hydroxyl groups is 1. The number of halogens is 1. The first-order valence-electron chi connectivity index (χ1n) is 5.61. The topological polar surface area (TPSA) is 52.5 Å². The van der Waals surface area contributed by atoms with Crippen molar-refractivity contribution in [2.24, 2.45) is 0 Å². The van der Waals surface area contributed by atoms with Crippen LogP contribution in [-0.2, 0) is 0 Å². The molecule has 1 atom stereocenters. The van der Waals surface area contributed by atoms with Crippen molar-refractivity contribution in [1.82, 2.24) is 0 Å². The van der Waals surface area contributed by atoms with Gasteiger partial charge in [-0.15, -0.1) is 0 Å². The minimum Gasteiger partial charge on any atom is -0.508 e. The molecule has 0 saturated carbocycles. The zero-order chi connectivity index (χ0) is 13.0. The van der Waals surface area contributed by atoms with Crippen molar-refractivity contribution in [2.45, 2.75) is 6.04 Å². The summed E-state index contributed by atoms with van der Waals surface area (Å²) in [6, 6.07) is 12.2. The van der Waals surface area contributed by atoms with E-state index in [1.165, 1.54) is 12.1 Å². The molecule has 0 fully saturated rings. The molecule has 0 aliphatic rings. The summed E-state index contributed by atoms with van der Waals surface area (Å²) in [7, 11) is 0. The van der Waals surface area contributed by atoms with Gasteiger partial charge in [0.15, 0.2) is 0 Å². The summed E-state index contributed by atoms with van der Waals surface area (Å²) >= 11 is 0. The molecule has 0 saturated heterocycles. The van der Waals surface area contributed by atoms with Gasteiger partial charge in [0, 0.05) is 5.69 Å². The van der Waals surface area contributed by atoms with E-state index in [0.717, 1.165) is 5.56 Å². The van der Waals surface area contributed by atoms with Crippen LogP contribution in [0.1, 0.15) is 11.6 Å². The van der Waals surface area contributed by atoms with Gasteiger partial charge in [0.25, 0.3) is 0 Å². The van der Waals surface area contributed by atoms with Crippen molar-refractivity contribution in [1.29, 1.82) is 0 Å². The lowest BCUT2D eigenvalue weighted by atomic mass is 10.1. The fraction of sp³-hybridized carbons (Fsp3) is 0.143. The second-order valence-corrected chi connectivity index (χ2v) is 3.98. The van der Waals surface area contributed by atoms with Crippen molar-refractivity contribution < 1.29 is 14.6 Å². The highest BCUT2D eigenvalue weighted by molar-refractivity contribution is 5.46. The highest BCUT2D eigenvalue weighted by Gasteiger charge is 2.10. The molecule has 18 heavy (non-hydrogen) atoms. The predicted molar refractivity (Wildman–Crippen MR) is 68.0 cm³/mol. The van der Waals surface area contributed by atoms with E-state index in [0.29, 0.717) is 5.69 Å². The van der Waals surface area contributed by atoms with Crippen molar-refractivity contribution in [3.63, 3.8) is 0 Å². The van der Waals surface area contributed by atoms with Crippen molar-refractivity contribution in [2.75, 3.05) is 11.9 Å². The van der Waals surface area contributed by atoms with Gasteiger partial charge in [-0.1, -0.05) is 18.2 Å². The van der Waals surface area contributed by atoms with Crippen LogP contribution in [0.2, 0.25) is 0 Å². The molecular formula is C14H14FNO2. The summed E-state index contributed by atoms with van der Waals surface area (Å²) < 4.78 is 13.0. The summed E-state index contributed by atoms with van der Waals surface area (Å²) in [5.41, 5.74) is 1.42. The maximum absolute atomic E-state index is 13.0. The van der Waals surface area contributed by atoms with Crippen LogP contribution in [0.5, 0.6) is 5.75 Å². The normalized spacial score (nSPS) is 12.1. The molecule has 0 aliphatic carbocycles. The quantitative estimate of drug-likeness (QED) is 0.778. The molecule has 0 radical (unpaired) electrons. The van der Waals surface area contributed by atoms with Gasteiger partial charge in [0.1, 0.15) is 11.6 Å². The van der Waals surface area contributed by atoms with Crippen molar-refractivity contribution in [3.8, 4) is 5.75 Å². The van der Waals surface area contributed by atoms with Gasteiger partial charge in [-0.25, -0.2) is 4.39 Å². The number of hydrogen-bond acceptors (Lipinski definition) is 3. The number of benzene rings is 2. The number of phenols is 1. The lowest BCUT2D eigenvalue weighted by Crippen LogP contribution is -2.14. The standard InChI is InChI=1S/C14H14FNO2/c15-11-2-1-3-12(8-11)16-14(9-17)10-4-6-13(18)7-5-10/h1-8,14,16-18H,9H2. The Morgan fingerprint density at radius 3 is 2.44 bits per heavy atom. The van der Waals surface area contributed by atoms with Gasteiger partial charge in [-0.05, 0) is 35.9 Å². The SMILES string of the molecule is OCC(Nc1cccc(F)c1)c1ccc(O)cc1. The van der Waals surface area contributed by atoms with Crippen LogP contribution in [0.15, 0.2) is 48.5 Å². The lowest BCUT2D eigenvalue weighted by Gasteiger charge is -2.18. The number of hydrogen-bond donors (Lipinski definition) is 3. The van der Waals surface area contributed by atoms with Crippen LogP contribution < -0.4 is 5.32 Å². The molecule has 0 heterocycles. The Balaban J connectivity index is 2.17.